The molecule has 0 unspecified atom stereocenters. The van der Waals surface area contributed by atoms with Gasteiger partial charge in [0.1, 0.15) is 11.9 Å². The van der Waals surface area contributed by atoms with Crippen molar-refractivity contribution in [2.24, 2.45) is 11.7 Å². The molecule has 0 spiro atoms. The lowest BCUT2D eigenvalue weighted by Gasteiger charge is -2.24. The number of sulfonamides is 1. The van der Waals surface area contributed by atoms with Gasteiger partial charge in [0.25, 0.3) is 0 Å². The van der Waals surface area contributed by atoms with E-state index in [-0.39, 0.29) is 35.9 Å². The van der Waals surface area contributed by atoms with Crippen LogP contribution in [0.3, 0.4) is 0 Å². The fourth-order valence-corrected chi connectivity index (χ4v) is 5.85. The Bertz CT molecular complexity index is 936. The van der Waals surface area contributed by atoms with E-state index >= 15 is 0 Å². The molecule has 32 heavy (non-hydrogen) atoms. The molecule has 2 atom stereocenters. The summed E-state index contributed by atoms with van der Waals surface area (Å²) < 4.78 is 34.2. The molecule has 0 saturated carbocycles. The molecule has 2 saturated heterocycles. The van der Waals surface area contributed by atoms with Gasteiger partial charge in [-0.1, -0.05) is 6.92 Å². The van der Waals surface area contributed by atoms with Crippen molar-refractivity contribution in [1.29, 1.82) is 0 Å². The summed E-state index contributed by atoms with van der Waals surface area (Å²) in [5.74, 6) is -0.598. The second-order valence-corrected chi connectivity index (χ2v) is 11.1. The van der Waals surface area contributed by atoms with E-state index in [2.05, 4.69) is 26.6 Å². The van der Waals surface area contributed by atoms with Crippen LogP contribution in [0, 0.1) is 12.3 Å². The van der Waals surface area contributed by atoms with Crippen LogP contribution in [-0.2, 0) is 19.6 Å². The molecule has 177 valence electrons. The Hall–Kier alpha value is -1.69. The number of amides is 2. The van der Waals surface area contributed by atoms with Gasteiger partial charge in [-0.3, -0.25) is 9.59 Å². The van der Waals surface area contributed by atoms with E-state index < -0.39 is 21.8 Å². The average Bonchev–Trinajstić information content (AvgIpc) is 3.23. The van der Waals surface area contributed by atoms with E-state index in [1.165, 1.54) is 10.7 Å². The Morgan fingerprint density at radius 2 is 2.06 bits per heavy atom. The summed E-state index contributed by atoms with van der Waals surface area (Å²) >= 11 is 3.44. The second-order valence-electron chi connectivity index (χ2n) is 8.26. The summed E-state index contributed by atoms with van der Waals surface area (Å²) in [7, 11) is -3.70. The van der Waals surface area contributed by atoms with Crippen LogP contribution in [-0.4, -0.2) is 62.9 Å². The number of rotatable bonds is 9. The predicted molar refractivity (Wildman–Crippen MR) is 123 cm³/mol. The highest BCUT2D eigenvalue weighted by molar-refractivity contribution is 9.10. The number of benzene rings is 1. The molecule has 0 aliphatic carbocycles. The van der Waals surface area contributed by atoms with Gasteiger partial charge in [-0.05, 0) is 72.9 Å². The van der Waals surface area contributed by atoms with Crippen LogP contribution in [0.5, 0.6) is 5.75 Å². The normalized spacial score (nSPS) is 21.2. The van der Waals surface area contributed by atoms with Crippen molar-refractivity contribution in [2.45, 2.75) is 49.6 Å². The fraction of sp³-hybridized carbons (Fsp3) is 0.571. The van der Waals surface area contributed by atoms with Crippen LogP contribution in [0.4, 0.5) is 0 Å². The number of nitrogens with two attached hydrogens (primary N) is 1. The summed E-state index contributed by atoms with van der Waals surface area (Å²) in [5.41, 5.74) is 5.20. The van der Waals surface area contributed by atoms with Crippen LogP contribution in [0.1, 0.15) is 32.6 Å². The third kappa shape index (κ3) is 6.43. The molecular formula is C21H30BrN4O5S. The topological polar surface area (TPSA) is 131 Å². The molecule has 4 N–H and O–H groups in total. The number of primary amides is 1. The van der Waals surface area contributed by atoms with E-state index in [0.29, 0.717) is 23.2 Å². The van der Waals surface area contributed by atoms with Gasteiger partial charge in [-0.2, -0.15) is 4.31 Å². The molecule has 2 heterocycles. The molecule has 2 aliphatic heterocycles. The maximum Gasteiger partial charge on any atom is 0.243 e. The number of nitrogens with one attached hydrogen (secondary N) is 2. The van der Waals surface area contributed by atoms with Crippen molar-refractivity contribution in [3.8, 4) is 5.75 Å². The molecule has 1 aromatic carbocycles. The maximum absolute atomic E-state index is 13.1. The lowest BCUT2D eigenvalue weighted by molar-refractivity contribution is -0.121. The minimum atomic E-state index is -3.70. The monoisotopic (exact) mass is 529 g/mol. The number of ether oxygens (including phenoxy) is 1. The zero-order valence-electron chi connectivity index (χ0n) is 18.1. The van der Waals surface area contributed by atoms with E-state index in [1.54, 1.807) is 25.1 Å². The number of halogens is 1. The first-order chi connectivity index (χ1) is 15.2. The van der Waals surface area contributed by atoms with Gasteiger partial charge in [0.15, 0.2) is 0 Å². The van der Waals surface area contributed by atoms with Crippen molar-refractivity contribution in [3.05, 3.63) is 29.1 Å². The van der Waals surface area contributed by atoms with E-state index in [1.807, 2.05) is 0 Å². The second kappa shape index (κ2) is 11.0. The molecule has 2 amide bonds. The van der Waals surface area contributed by atoms with E-state index in [4.69, 9.17) is 10.5 Å². The number of hydrogen-bond acceptors (Lipinski definition) is 6. The molecule has 0 aromatic heterocycles. The molecule has 2 aliphatic rings. The summed E-state index contributed by atoms with van der Waals surface area (Å²) in [5, 5.41) is 6.09. The Balaban J connectivity index is 1.56. The largest absolute Gasteiger partial charge is 0.489 e. The Labute approximate surface area is 197 Å². The highest BCUT2D eigenvalue weighted by Gasteiger charge is 2.33. The zero-order valence-corrected chi connectivity index (χ0v) is 20.5. The minimum Gasteiger partial charge on any atom is -0.489 e. The van der Waals surface area contributed by atoms with Gasteiger partial charge in [-0.15, -0.1) is 0 Å². The number of nitrogens with zero attached hydrogens (tertiary/aromatic N) is 1. The van der Waals surface area contributed by atoms with Crippen LogP contribution in [0.2, 0.25) is 0 Å². The lowest BCUT2D eigenvalue weighted by Crippen LogP contribution is -2.39. The molecule has 2 fully saturated rings. The Morgan fingerprint density at radius 3 is 2.72 bits per heavy atom. The molecule has 0 bridgehead atoms. The Kier molecular flexibility index (Phi) is 8.54. The highest BCUT2D eigenvalue weighted by atomic mass is 79.9. The van der Waals surface area contributed by atoms with Gasteiger partial charge in [0, 0.05) is 25.0 Å². The van der Waals surface area contributed by atoms with Crippen molar-refractivity contribution in [1.82, 2.24) is 14.9 Å². The van der Waals surface area contributed by atoms with Crippen LogP contribution in [0.15, 0.2) is 27.6 Å². The summed E-state index contributed by atoms with van der Waals surface area (Å²) in [4.78, 5) is 23.3. The summed E-state index contributed by atoms with van der Waals surface area (Å²) in [6.45, 7) is 3.97. The van der Waals surface area contributed by atoms with Gasteiger partial charge in [0.2, 0.25) is 21.8 Å². The Morgan fingerprint density at radius 1 is 1.34 bits per heavy atom. The molecule has 1 radical (unpaired) electrons. The summed E-state index contributed by atoms with van der Waals surface area (Å²) in [6, 6.07) is 4.52. The first-order valence-corrected chi connectivity index (χ1v) is 13.0. The van der Waals surface area contributed by atoms with Crippen molar-refractivity contribution < 1.29 is 22.7 Å². The predicted octanol–water partition coefficient (Wildman–Crippen LogP) is 1.17. The van der Waals surface area contributed by atoms with Crippen molar-refractivity contribution >= 4 is 37.8 Å². The third-order valence-corrected chi connectivity index (χ3v) is 8.24. The van der Waals surface area contributed by atoms with E-state index in [9.17, 15) is 18.0 Å². The first-order valence-electron chi connectivity index (χ1n) is 10.8. The molecule has 1 aromatic rings. The lowest BCUT2D eigenvalue weighted by atomic mass is 10.0. The van der Waals surface area contributed by atoms with Crippen LogP contribution >= 0.6 is 15.9 Å². The zero-order chi connectivity index (χ0) is 23.3. The molecule has 3 rings (SSSR count). The quantitative estimate of drug-likeness (QED) is 0.440. The molecule has 9 nitrogen and oxygen atoms in total. The number of piperidine rings is 1. The van der Waals surface area contributed by atoms with Crippen LogP contribution < -0.4 is 21.1 Å². The minimum absolute atomic E-state index is 0.112. The molecule has 11 heteroatoms. The SMILES string of the molecule is C[C@@H](C[CH]C(=O)N[C@H]1CCN(S(=O)(=O)c2ccc(OC3CCNCC3)c(Br)c2)C1)C(N)=O. The number of carbonyl (C=O) groups excluding carboxylic acids is 2. The van der Waals surface area contributed by atoms with Gasteiger partial charge >= 0.3 is 0 Å². The number of carbonyl (C=O) groups is 2. The highest BCUT2D eigenvalue weighted by Crippen LogP contribution is 2.31. The smallest absolute Gasteiger partial charge is 0.243 e. The standard InChI is InChI=1S/C21H30BrN4O5S/c1-14(21(23)28)2-5-20(27)25-15-8-11-26(13-15)32(29,30)17-3-4-19(18(22)12-17)31-16-6-9-24-10-7-16/h3-5,12,14-16,24H,2,6-11,13H2,1H3,(H2,23,28)(H,25,27)/t14-,15-/m0/s1. The third-order valence-electron chi connectivity index (χ3n) is 5.76. The van der Waals surface area contributed by atoms with Crippen molar-refractivity contribution in [3.63, 3.8) is 0 Å². The van der Waals surface area contributed by atoms with Crippen molar-refractivity contribution in [2.75, 3.05) is 26.2 Å². The van der Waals surface area contributed by atoms with E-state index in [0.717, 1.165) is 25.9 Å². The first kappa shape index (κ1) is 24.9. The average molecular weight is 530 g/mol. The van der Waals surface area contributed by atoms with Gasteiger partial charge in [-0.25, -0.2) is 8.42 Å². The molecular weight excluding hydrogens is 500 g/mol. The number of hydrogen-bond donors (Lipinski definition) is 3. The maximum atomic E-state index is 13.1. The van der Waals surface area contributed by atoms with Crippen LogP contribution in [0.25, 0.3) is 0 Å². The summed E-state index contributed by atoms with van der Waals surface area (Å²) in [6.07, 6.45) is 4.07. The fourth-order valence-electron chi connectivity index (χ4n) is 3.70. The van der Waals surface area contributed by atoms with Gasteiger partial charge in [0.05, 0.1) is 15.8 Å². The van der Waals surface area contributed by atoms with Gasteiger partial charge < -0.3 is 21.1 Å².